The summed E-state index contributed by atoms with van der Waals surface area (Å²) in [5.41, 5.74) is 1.91. The fraction of sp³-hybridized carbons (Fsp3) is 0. The number of rotatable bonds is 4. The number of nitro groups is 1. The van der Waals surface area contributed by atoms with Crippen LogP contribution in [-0.4, -0.2) is 20.1 Å². The highest BCUT2D eigenvalue weighted by Gasteiger charge is 2.15. The number of hydrogen-bond donors (Lipinski definition) is 1. The van der Waals surface area contributed by atoms with Crippen molar-refractivity contribution in [2.24, 2.45) is 0 Å². The van der Waals surface area contributed by atoms with Gasteiger partial charge in [-0.3, -0.25) is 20.2 Å². The Morgan fingerprint density at radius 1 is 1.04 bits per heavy atom. The van der Waals surface area contributed by atoms with Gasteiger partial charge in [0.05, 0.1) is 16.5 Å². The molecule has 4 aromatic rings. The molecule has 2 heterocycles. The number of non-ortho nitro benzene ring substituents is 1. The predicted molar refractivity (Wildman–Crippen MR) is 92.5 cm³/mol. The fourth-order valence-electron chi connectivity index (χ4n) is 2.67. The summed E-state index contributed by atoms with van der Waals surface area (Å²) in [6.45, 7) is 0. The third-order valence-electron chi connectivity index (χ3n) is 3.85. The number of ether oxygens (including phenoxy) is 1. The van der Waals surface area contributed by atoms with Crippen molar-refractivity contribution >= 4 is 16.5 Å². The number of H-pyrrole nitrogens is 1. The summed E-state index contributed by atoms with van der Waals surface area (Å²) >= 11 is 0. The SMILES string of the molecule is O=[N+]([O-])c1ccc(Oc2cccc(-c3cn[nH]c3)c2)c2ccncc12. The standard InChI is InChI=1S/C18H12N4O3/c23-22(24)17-4-5-18(15-6-7-19-11-16(15)17)25-14-3-1-2-12(8-14)13-9-20-21-10-13/h1-11H,(H,20,21). The molecule has 25 heavy (non-hydrogen) atoms. The summed E-state index contributed by atoms with van der Waals surface area (Å²) in [5, 5.41) is 19.0. The van der Waals surface area contributed by atoms with Gasteiger partial charge >= 0.3 is 0 Å². The summed E-state index contributed by atoms with van der Waals surface area (Å²) in [4.78, 5) is 14.7. The Morgan fingerprint density at radius 2 is 1.96 bits per heavy atom. The van der Waals surface area contributed by atoms with Crippen molar-refractivity contribution < 1.29 is 9.66 Å². The normalized spacial score (nSPS) is 10.7. The maximum Gasteiger partial charge on any atom is 0.279 e. The Hall–Kier alpha value is -3.74. The molecule has 2 aromatic heterocycles. The first-order valence-corrected chi connectivity index (χ1v) is 7.50. The fourth-order valence-corrected chi connectivity index (χ4v) is 2.67. The summed E-state index contributed by atoms with van der Waals surface area (Å²) in [6, 6.07) is 12.3. The molecule has 1 N–H and O–H groups in total. The Morgan fingerprint density at radius 3 is 2.76 bits per heavy atom. The minimum absolute atomic E-state index is 0.00241. The van der Waals surface area contributed by atoms with E-state index in [0.717, 1.165) is 11.1 Å². The average molecular weight is 332 g/mol. The number of fused-ring (bicyclic) bond motifs is 1. The molecule has 0 aliphatic rings. The Kier molecular flexibility index (Phi) is 3.59. The molecule has 0 radical (unpaired) electrons. The molecule has 0 amide bonds. The van der Waals surface area contributed by atoms with Gasteiger partial charge in [-0.15, -0.1) is 0 Å². The molecule has 0 unspecified atom stereocenters. The summed E-state index contributed by atoms with van der Waals surface area (Å²) in [6.07, 6.45) is 6.58. The Bertz CT molecular complexity index is 1060. The number of aromatic amines is 1. The van der Waals surface area contributed by atoms with Crippen LogP contribution >= 0.6 is 0 Å². The molecular weight excluding hydrogens is 320 g/mol. The van der Waals surface area contributed by atoms with Gasteiger partial charge < -0.3 is 4.74 Å². The van der Waals surface area contributed by atoms with E-state index in [9.17, 15) is 10.1 Å². The summed E-state index contributed by atoms with van der Waals surface area (Å²) in [7, 11) is 0. The van der Waals surface area contributed by atoms with Crippen LogP contribution in [0.15, 0.2) is 67.3 Å². The zero-order valence-electron chi connectivity index (χ0n) is 12.9. The Balaban J connectivity index is 1.76. The van der Waals surface area contributed by atoms with Crippen molar-refractivity contribution in [3.8, 4) is 22.6 Å². The second kappa shape index (κ2) is 6.04. The molecule has 0 bridgehead atoms. The van der Waals surface area contributed by atoms with Gasteiger partial charge in [0.15, 0.2) is 0 Å². The quantitative estimate of drug-likeness (QED) is 0.443. The average Bonchev–Trinajstić information content (AvgIpc) is 3.17. The van der Waals surface area contributed by atoms with Crippen LogP contribution < -0.4 is 4.74 Å². The number of nitrogens with zero attached hydrogens (tertiary/aromatic N) is 3. The van der Waals surface area contributed by atoms with Crippen molar-refractivity contribution in [3.05, 3.63) is 77.4 Å². The van der Waals surface area contributed by atoms with Gasteiger partial charge in [-0.1, -0.05) is 12.1 Å². The van der Waals surface area contributed by atoms with Crippen molar-refractivity contribution in [2.45, 2.75) is 0 Å². The molecule has 0 spiro atoms. The van der Waals surface area contributed by atoms with E-state index >= 15 is 0 Å². The molecule has 2 aromatic carbocycles. The molecule has 0 aliphatic heterocycles. The smallest absolute Gasteiger partial charge is 0.279 e. The molecule has 122 valence electrons. The van der Waals surface area contributed by atoms with E-state index in [2.05, 4.69) is 15.2 Å². The van der Waals surface area contributed by atoms with Crippen LogP contribution in [0.25, 0.3) is 21.9 Å². The van der Waals surface area contributed by atoms with E-state index in [-0.39, 0.29) is 5.69 Å². The van der Waals surface area contributed by atoms with Crippen LogP contribution in [0.1, 0.15) is 0 Å². The summed E-state index contributed by atoms with van der Waals surface area (Å²) in [5.74, 6) is 1.16. The van der Waals surface area contributed by atoms with Crippen LogP contribution in [0.3, 0.4) is 0 Å². The number of nitrogens with one attached hydrogen (secondary N) is 1. The minimum Gasteiger partial charge on any atom is -0.457 e. The van der Waals surface area contributed by atoms with E-state index < -0.39 is 4.92 Å². The molecule has 0 fully saturated rings. The van der Waals surface area contributed by atoms with E-state index in [1.807, 2.05) is 24.3 Å². The lowest BCUT2D eigenvalue weighted by Crippen LogP contribution is -1.93. The third kappa shape index (κ3) is 2.78. The van der Waals surface area contributed by atoms with Crippen molar-refractivity contribution in [3.63, 3.8) is 0 Å². The second-order valence-electron chi connectivity index (χ2n) is 5.38. The molecule has 7 heteroatoms. The molecule has 0 atom stereocenters. The van der Waals surface area contributed by atoms with Gasteiger partial charge in [-0.05, 0) is 29.8 Å². The lowest BCUT2D eigenvalue weighted by Gasteiger charge is -2.10. The van der Waals surface area contributed by atoms with E-state index in [0.29, 0.717) is 22.3 Å². The highest BCUT2D eigenvalue weighted by Crippen LogP contribution is 2.35. The lowest BCUT2D eigenvalue weighted by molar-refractivity contribution is -0.383. The van der Waals surface area contributed by atoms with Crippen molar-refractivity contribution in [1.29, 1.82) is 0 Å². The predicted octanol–water partition coefficient (Wildman–Crippen LogP) is 4.33. The van der Waals surface area contributed by atoms with Gasteiger partial charge in [0.1, 0.15) is 11.5 Å². The zero-order valence-corrected chi connectivity index (χ0v) is 12.9. The van der Waals surface area contributed by atoms with Crippen LogP contribution in [-0.2, 0) is 0 Å². The van der Waals surface area contributed by atoms with E-state index in [4.69, 9.17) is 4.74 Å². The highest BCUT2D eigenvalue weighted by atomic mass is 16.6. The van der Waals surface area contributed by atoms with Gasteiger partial charge in [-0.2, -0.15) is 5.10 Å². The summed E-state index contributed by atoms with van der Waals surface area (Å²) < 4.78 is 5.98. The zero-order chi connectivity index (χ0) is 17.2. The van der Waals surface area contributed by atoms with E-state index in [1.54, 1.807) is 30.7 Å². The maximum absolute atomic E-state index is 11.2. The van der Waals surface area contributed by atoms with Crippen molar-refractivity contribution in [2.75, 3.05) is 0 Å². The third-order valence-corrected chi connectivity index (χ3v) is 3.85. The molecule has 0 saturated carbocycles. The largest absolute Gasteiger partial charge is 0.457 e. The first-order chi connectivity index (χ1) is 12.2. The first-order valence-electron chi connectivity index (χ1n) is 7.50. The number of benzene rings is 2. The van der Waals surface area contributed by atoms with Crippen LogP contribution in [0, 0.1) is 10.1 Å². The topological polar surface area (TPSA) is 93.9 Å². The van der Waals surface area contributed by atoms with E-state index in [1.165, 1.54) is 12.3 Å². The molecule has 0 aliphatic carbocycles. The maximum atomic E-state index is 11.2. The van der Waals surface area contributed by atoms with Gasteiger partial charge in [0.2, 0.25) is 0 Å². The van der Waals surface area contributed by atoms with Gasteiger partial charge in [0, 0.05) is 35.6 Å². The number of aromatic nitrogens is 3. The monoisotopic (exact) mass is 332 g/mol. The molecule has 7 nitrogen and oxygen atoms in total. The second-order valence-corrected chi connectivity index (χ2v) is 5.38. The Labute approximate surface area is 142 Å². The van der Waals surface area contributed by atoms with Gasteiger partial charge in [0.25, 0.3) is 5.69 Å². The van der Waals surface area contributed by atoms with Crippen LogP contribution in [0.2, 0.25) is 0 Å². The molecule has 0 saturated heterocycles. The number of hydrogen-bond acceptors (Lipinski definition) is 5. The van der Waals surface area contributed by atoms with Crippen LogP contribution in [0.4, 0.5) is 5.69 Å². The highest BCUT2D eigenvalue weighted by molar-refractivity contribution is 5.94. The number of pyridine rings is 1. The molecule has 4 rings (SSSR count). The lowest BCUT2D eigenvalue weighted by atomic mass is 10.1. The van der Waals surface area contributed by atoms with Crippen LogP contribution in [0.5, 0.6) is 11.5 Å². The minimum atomic E-state index is -0.423. The van der Waals surface area contributed by atoms with Crippen molar-refractivity contribution in [1.82, 2.24) is 15.2 Å². The van der Waals surface area contributed by atoms with Gasteiger partial charge in [-0.25, -0.2) is 0 Å². The first kappa shape index (κ1) is 14.8. The number of nitro benzene ring substituents is 1. The molecular formula is C18H12N4O3.